The smallest absolute Gasteiger partial charge is 0.305 e. The molecule has 0 aromatic rings. The molecule has 0 aromatic heterocycles. The number of allylic oxidation sites excluding steroid dienone is 8. The van der Waals surface area contributed by atoms with Crippen LogP contribution in [0.4, 0.5) is 0 Å². The summed E-state index contributed by atoms with van der Waals surface area (Å²) < 4.78 is 9.21. The van der Waals surface area contributed by atoms with E-state index in [2.05, 4.69) is 68.1 Å². The van der Waals surface area contributed by atoms with Gasteiger partial charge in [-0.15, -0.1) is 0 Å². The largest absolute Gasteiger partial charge is 0.469 e. The van der Waals surface area contributed by atoms with Gasteiger partial charge in [-0.3, -0.25) is 9.59 Å². The second-order valence-electron chi connectivity index (χ2n) is 13.3. The predicted molar refractivity (Wildman–Crippen MR) is 214 cm³/mol. The maximum Gasteiger partial charge on any atom is 0.305 e. The minimum Gasteiger partial charge on any atom is -0.469 e. The zero-order valence-electron chi connectivity index (χ0n) is 32.9. The molecule has 0 saturated carbocycles. The molecule has 2 atom stereocenters. The molecule has 0 saturated heterocycles. The number of unbranched alkanes of at least 4 members (excludes halogenated alkanes) is 16. The second-order valence-corrected chi connectivity index (χ2v) is 13.3. The standard InChI is InChI=1S/C21H37N3O3.C21H38O4/c1-27-21(26)18-16-14-12-10-8-6-4-2-3-5-7-9-11-13-15-17-20(19-25)23-24-22;1-25-21(24)18-16-14-12-10-8-6-4-2-3-5-7-9-11-13-15-17-20(23)19-22/h9-12,20,25H,2-8,13-19H2,1H3;9-12,20,22-23H,2-8,13-19H2,1H3/b2*11-9-,12-10-/t2*20-/m01/s1. The third-order valence-electron chi connectivity index (χ3n) is 8.56. The summed E-state index contributed by atoms with van der Waals surface area (Å²) in [5, 5.41) is 30.5. The van der Waals surface area contributed by atoms with Crippen LogP contribution in [-0.2, 0) is 19.1 Å². The molecule has 0 aliphatic carbocycles. The van der Waals surface area contributed by atoms with Gasteiger partial charge in [0.15, 0.2) is 0 Å². The number of hydrogen-bond donors (Lipinski definition) is 3. The van der Waals surface area contributed by atoms with Crippen molar-refractivity contribution in [3.63, 3.8) is 0 Å². The second kappa shape index (κ2) is 44.3. The van der Waals surface area contributed by atoms with E-state index >= 15 is 0 Å². The van der Waals surface area contributed by atoms with Gasteiger partial charge in [0, 0.05) is 17.8 Å². The third kappa shape index (κ3) is 43.3. The molecule has 0 radical (unpaired) electrons. The lowest BCUT2D eigenvalue weighted by molar-refractivity contribution is -0.141. The lowest BCUT2D eigenvalue weighted by Gasteiger charge is -2.04. The summed E-state index contributed by atoms with van der Waals surface area (Å²) in [6, 6.07) is -0.280. The summed E-state index contributed by atoms with van der Waals surface area (Å²) >= 11 is 0. The Hall–Kier alpha value is -2.91. The Labute approximate surface area is 316 Å². The first-order valence-corrected chi connectivity index (χ1v) is 20.1. The topological polar surface area (TPSA) is 162 Å². The van der Waals surface area contributed by atoms with Crippen molar-refractivity contribution in [2.75, 3.05) is 27.4 Å². The maximum absolute atomic E-state index is 10.9. The van der Waals surface area contributed by atoms with E-state index in [4.69, 9.17) is 15.7 Å². The van der Waals surface area contributed by atoms with E-state index in [-0.39, 0.29) is 31.2 Å². The summed E-state index contributed by atoms with van der Waals surface area (Å²) in [5.41, 5.74) is 8.34. The van der Waals surface area contributed by atoms with Crippen LogP contribution in [0.25, 0.3) is 10.4 Å². The van der Waals surface area contributed by atoms with Crippen LogP contribution in [-0.4, -0.2) is 66.8 Å². The number of methoxy groups -OCH3 is 2. The van der Waals surface area contributed by atoms with E-state index in [1.165, 1.54) is 78.4 Å². The Morgan fingerprint density at radius 3 is 1.19 bits per heavy atom. The molecule has 10 heteroatoms. The van der Waals surface area contributed by atoms with Gasteiger partial charge in [-0.05, 0) is 121 Å². The molecule has 0 unspecified atom stereocenters. The molecule has 3 N–H and O–H groups in total. The van der Waals surface area contributed by atoms with Crippen LogP contribution < -0.4 is 0 Å². The summed E-state index contributed by atoms with van der Waals surface area (Å²) in [5.74, 6) is -0.248. The van der Waals surface area contributed by atoms with E-state index < -0.39 is 6.10 Å². The van der Waals surface area contributed by atoms with E-state index in [0.717, 1.165) is 83.5 Å². The summed E-state index contributed by atoms with van der Waals surface area (Å²) in [4.78, 5) is 24.6. The molecule has 0 aliphatic heterocycles. The van der Waals surface area contributed by atoms with Gasteiger partial charge in [0.25, 0.3) is 0 Å². The van der Waals surface area contributed by atoms with Crippen LogP contribution in [0, 0.1) is 0 Å². The lowest BCUT2D eigenvalue weighted by Crippen LogP contribution is -2.10. The summed E-state index contributed by atoms with van der Waals surface area (Å²) in [7, 11) is 2.86. The van der Waals surface area contributed by atoms with Gasteiger partial charge in [-0.1, -0.05) is 92.2 Å². The van der Waals surface area contributed by atoms with E-state index in [9.17, 15) is 14.7 Å². The zero-order valence-corrected chi connectivity index (χ0v) is 32.9. The van der Waals surface area contributed by atoms with Crippen molar-refractivity contribution in [3.05, 3.63) is 59.1 Å². The zero-order chi connectivity index (χ0) is 38.6. The third-order valence-corrected chi connectivity index (χ3v) is 8.56. The molecule has 52 heavy (non-hydrogen) atoms. The van der Waals surface area contributed by atoms with Crippen molar-refractivity contribution in [1.82, 2.24) is 0 Å². The van der Waals surface area contributed by atoms with Crippen LogP contribution in [0.2, 0.25) is 0 Å². The first-order chi connectivity index (χ1) is 25.4. The first kappa shape index (κ1) is 51.2. The van der Waals surface area contributed by atoms with E-state index in [1.54, 1.807) is 0 Å². The molecule has 300 valence electrons. The number of aliphatic hydroxyl groups is 3. The van der Waals surface area contributed by atoms with Crippen molar-refractivity contribution >= 4 is 11.9 Å². The Kier molecular flexibility index (Phi) is 43.6. The number of esters is 2. The maximum atomic E-state index is 10.9. The number of carbonyl (C=O) groups excluding carboxylic acids is 2. The quantitative estimate of drug-likeness (QED) is 0.0146. The van der Waals surface area contributed by atoms with Crippen LogP contribution in [0.5, 0.6) is 0 Å². The van der Waals surface area contributed by atoms with Crippen molar-refractivity contribution in [3.8, 4) is 0 Å². The van der Waals surface area contributed by atoms with Crippen LogP contribution in [0.1, 0.15) is 167 Å². The number of ether oxygens (including phenoxy) is 2. The number of rotatable bonds is 35. The highest BCUT2D eigenvalue weighted by atomic mass is 16.5. The van der Waals surface area contributed by atoms with Gasteiger partial charge in [0.05, 0.1) is 39.6 Å². The SMILES string of the molecule is COC(=O)CCC/C=C\CCCCCCC/C=C\CCC[C@@H](CO)N=[N+]=[N-].COC(=O)CCC/C=C\CCCCCCC/C=C\CCC[C@@H](O)CO. The van der Waals surface area contributed by atoms with Gasteiger partial charge < -0.3 is 24.8 Å². The predicted octanol–water partition coefficient (Wildman–Crippen LogP) is 10.7. The first-order valence-electron chi connectivity index (χ1n) is 20.1. The number of carbonyl (C=O) groups is 2. The van der Waals surface area contributed by atoms with Gasteiger partial charge in [0.1, 0.15) is 0 Å². The average Bonchev–Trinajstić information content (AvgIpc) is 3.16. The summed E-state index contributed by atoms with van der Waals surface area (Å²) in [6.07, 6.45) is 44.2. The summed E-state index contributed by atoms with van der Waals surface area (Å²) in [6.45, 7) is -0.201. The Morgan fingerprint density at radius 1 is 0.538 bits per heavy atom. The highest BCUT2D eigenvalue weighted by molar-refractivity contribution is 5.69. The fourth-order valence-electron chi connectivity index (χ4n) is 5.28. The monoisotopic (exact) mass is 734 g/mol. The lowest BCUT2D eigenvalue weighted by atomic mass is 10.1. The minimum atomic E-state index is -0.553. The molecule has 0 rings (SSSR count). The molecule has 10 nitrogen and oxygen atoms in total. The molecule has 0 aliphatic rings. The fraction of sp³-hybridized carbons (Fsp3) is 0.762. The van der Waals surface area contributed by atoms with Crippen molar-refractivity contribution in [2.24, 2.45) is 5.11 Å². The van der Waals surface area contributed by atoms with Gasteiger partial charge in [-0.2, -0.15) is 0 Å². The highest BCUT2D eigenvalue weighted by Crippen LogP contribution is 2.11. The minimum absolute atomic E-state index is 0.0705. The Balaban J connectivity index is 0. The van der Waals surface area contributed by atoms with Crippen LogP contribution in [0.15, 0.2) is 53.7 Å². The molecular weight excluding hydrogens is 658 g/mol. The highest BCUT2D eigenvalue weighted by Gasteiger charge is 2.03. The van der Waals surface area contributed by atoms with Gasteiger partial charge in [-0.25, -0.2) is 0 Å². The Bertz CT molecular complexity index is 961. The normalized spacial score (nSPS) is 12.6. The van der Waals surface area contributed by atoms with Crippen molar-refractivity contribution in [1.29, 1.82) is 0 Å². The number of azide groups is 1. The molecule has 0 spiro atoms. The Morgan fingerprint density at radius 2 is 0.865 bits per heavy atom. The van der Waals surface area contributed by atoms with Gasteiger partial charge >= 0.3 is 11.9 Å². The van der Waals surface area contributed by atoms with Crippen molar-refractivity contribution in [2.45, 2.75) is 179 Å². The molecule has 0 bridgehead atoms. The molecule has 0 aromatic carbocycles. The molecule has 0 amide bonds. The van der Waals surface area contributed by atoms with Crippen LogP contribution >= 0.6 is 0 Å². The fourth-order valence-corrected chi connectivity index (χ4v) is 5.28. The van der Waals surface area contributed by atoms with E-state index in [0.29, 0.717) is 19.3 Å². The molecular formula is C42H75N3O7. The molecule has 0 heterocycles. The van der Waals surface area contributed by atoms with Crippen LogP contribution in [0.3, 0.4) is 0 Å². The van der Waals surface area contributed by atoms with Crippen molar-refractivity contribution < 1.29 is 34.4 Å². The molecule has 0 fully saturated rings. The van der Waals surface area contributed by atoms with Gasteiger partial charge in [0.2, 0.25) is 0 Å². The average molecular weight is 734 g/mol. The number of aliphatic hydroxyl groups excluding tert-OH is 3. The number of hydrogen-bond acceptors (Lipinski definition) is 8. The number of nitrogens with zero attached hydrogens (tertiary/aromatic N) is 3. The van der Waals surface area contributed by atoms with E-state index in [1.807, 2.05) is 0 Å².